The van der Waals surface area contributed by atoms with E-state index in [1.807, 2.05) is 12.1 Å². The minimum absolute atomic E-state index is 0.153. The average molecular weight is 246 g/mol. The van der Waals surface area contributed by atoms with Gasteiger partial charge < -0.3 is 11.5 Å². The van der Waals surface area contributed by atoms with Gasteiger partial charge in [-0.05, 0) is 17.7 Å². The van der Waals surface area contributed by atoms with Gasteiger partial charge in [0.1, 0.15) is 5.82 Å². The molecule has 0 saturated heterocycles. The molecule has 0 bridgehead atoms. The fourth-order valence-corrected chi connectivity index (χ4v) is 1.65. The summed E-state index contributed by atoms with van der Waals surface area (Å²) in [5.74, 6) is 0.153. The first-order valence-corrected chi connectivity index (χ1v) is 5.40. The quantitative estimate of drug-likeness (QED) is 0.715. The van der Waals surface area contributed by atoms with Crippen molar-refractivity contribution in [2.45, 2.75) is 6.54 Å². The molecule has 2 aromatic rings. The SMILES string of the molecule is Cn1c(=O)cc(N)n(Cc2ccc(N)cc2)c1=O. The number of aromatic nitrogens is 2. The lowest BCUT2D eigenvalue weighted by atomic mass is 10.2. The highest BCUT2D eigenvalue weighted by molar-refractivity contribution is 5.39. The molecule has 0 unspecified atom stereocenters. The van der Waals surface area contributed by atoms with Crippen LogP contribution in [0.2, 0.25) is 0 Å². The van der Waals surface area contributed by atoms with E-state index in [-0.39, 0.29) is 5.82 Å². The Hall–Kier alpha value is -2.50. The summed E-state index contributed by atoms with van der Waals surface area (Å²) in [6, 6.07) is 8.36. The predicted octanol–water partition coefficient (Wildman–Crippen LogP) is -0.240. The molecule has 0 spiro atoms. The van der Waals surface area contributed by atoms with Gasteiger partial charge in [0.05, 0.1) is 6.54 Å². The largest absolute Gasteiger partial charge is 0.399 e. The molecule has 1 heterocycles. The second-order valence-electron chi connectivity index (χ2n) is 4.08. The molecule has 1 aromatic heterocycles. The van der Waals surface area contributed by atoms with Gasteiger partial charge in [0.15, 0.2) is 0 Å². The number of nitrogens with two attached hydrogens (primary N) is 2. The van der Waals surface area contributed by atoms with Crippen LogP contribution in [0.25, 0.3) is 0 Å². The standard InChI is InChI=1S/C12H14N4O2/c1-15-11(17)6-10(14)16(12(15)18)7-8-2-4-9(13)5-3-8/h2-6H,7,13-14H2,1H3. The summed E-state index contributed by atoms with van der Waals surface area (Å²) in [6.07, 6.45) is 0. The van der Waals surface area contributed by atoms with Crippen LogP contribution in [0.5, 0.6) is 0 Å². The third-order valence-electron chi connectivity index (χ3n) is 2.75. The van der Waals surface area contributed by atoms with E-state index in [4.69, 9.17) is 11.5 Å². The lowest BCUT2D eigenvalue weighted by Crippen LogP contribution is -2.38. The molecule has 6 heteroatoms. The van der Waals surface area contributed by atoms with E-state index in [1.54, 1.807) is 12.1 Å². The Labute approximate surface area is 103 Å². The van der Waals surface area contributed by atoms with Crippen molar-refractivity contribution in [2.75, 3.05) is 11.5 Å². The zero-order valence-electron chi connectivity index (χ0n) is 9.96. The molecule has 0 fully saturated rings. The summed E-state index contributed by atoms with van der Waals surface area (Å²) in [7, 11) is 1.42. The lowest BCUT2D eigenvalue weighted by Gasteiger charge is -2.10. The Bertz CT molecular complexity index is 683. The molecule has 94 valence electrons. The summed E-state index contributed by atoms with van der Waals surface area (Å²) in [5, 5.41) is 0. The molecule has 0 saturated carbocycles. The van der Waals surface area contributed by atoms with Crippen LogP contribution in [0, 0.1) is 0 Å². The molecule has 6 nitrogen and oxygen atoms in total. The van der Waals surface area contributed by atoms with Gasteiger partial charge in [-0.3, -0.25) is 13.9 Å². The normalized spacial score (nSPS) is 10.5. The van der Waals surface area contributed by atoms with Crippen LogP contribution in [-0.2, 0) is 13.6 Å². The van der Waals surface area contributed by atoms with Crippen LogP contribution in [0.3, 0.4) is 0 Å². The van der Waals surface area contributed by atoms with E-state index in [9.17, 15) is 9.59 Å². The first-order chi connectivity index (χ1) is 8.49. The molecule has 0 atom stereocenters. The third kappa shape index (κ3) is 2.13. The number of hydrogen-bond acceptors (Lipinski definition) is 4. The molecule has 0 aliphatic rings. The average Bonchev–Trinajstić information content (AvgIpc) is 2.34. The van der Waals surface area contributed by atoms with E-state index in [1.165, 1.54) is 17.7 Å². The number of rotatable bonds is 2. The highest BCUT2D eigenvalue weighted by Gasteiger charge is 2.06. The topological polar surface area (TPSA) is 96.0 Å². The molecule has 0 aliphatic carbocycles. The maximum atomic E-state index is 11.9. The van der Waals surface area contributed by atoms with Crippen LogP contribution in [0.4, 0.5) is 11.5 Å². The number of benzene rings is 1. The number of nitrogen functional groups attached to an aromatic ring is 2. The fourth-order valence-electron chi connectivity index (χ4n) is 1.65. The number of nitrogens with zero attached hydrogens (tertiary/aromatic N) is 2. The van der Waals surface area contributed by atoms with Gasteiger partial charge in [0.25, 0.3) is 5.56 Å². The van der Waals surface area contributed by atoms with Crippen molar-refractivity contribution >= 4 is 11.5 Å². The van der Waals surface area contributed by atoms with Crippen molar-refractivity contribution in [2.24, 2.45) is 7.05 Å². The van der Waals surface area contributed by atoms with Crippen molar-refractivity contribution in [3.05, 3.63) is 56.7 Å². The summed E-state index contributed by atoms with van der Waals surface area (Å²) < 4.78 is 2.36. The maximum Gasteiger partial charge on any atom is 0.332 e. The number of anilines is 2. The molecule has 4 N–H and O–H groups in total. The van der Waals surface area contributed by atoms with Gasteiger partial charge in [0.2, 0.25) is 0 Å². The molecule has 0 amide bonds. The maximum absolute atomic E-state index is 11.9. The van der Waals surface area contributed by atoms with E-state index in [0.717, 1.165) is 10.1 Å². The molecule has 0 aliphatic heterocycles. The monoisotopic (exact) mass is 246 g/mol. The van der Waals surface area contributed by atoms with Crippen LogP contribution >= 0.6 is 0 Å². The Kier molecular flexibility index (Phi) is 2.93. The van der Waals surface area contributed by atoms with Crippen LogP contribution in [0.15, 0.2) is 39.9 Å². The van der Waals surface area contributed by atoms with Gasteiger partial charge in [-0.25, -0.2) is 4.79 Å². The highest BCUT2D eigenvalue weighted by atomic mass is 16.2. The second-order valence-corrected chi connectivity index (χ2v) is 4.08. The molecule has 18 heavy (non-hydrogen) atoms. The van der Waals surface area contributed by atoms with Crippen molar-refractivity contribution in [3.8, 4) is 0 Å². The minimum Gasteiger partial charge on any atom is -0.399 e. The Balaban J connectivity index is 2.47. The van der Waals surface area contributed by atoms with Gasteiger partial charge in [-0.1, -0.05) is 12.1 Å². The second kappa shape index (κ2) is 4.40. The third-order valence-corrected chi connectivity index (χ3v) is 2.75. The van der Waals surface area contributed by atoms with Gasteiger partial charge in [-0.15, -0.1) is 0 Å². The van der Waals surface area contributed by atoms with Crippen molar-refractivity contribution in [1.82, 2.24) is 9.13 Å². The van der Waals surface area contributed by atoms with E-state index in [0.29, 0.717) is 12.2 Å². The molecule has 0 radical (unpaired) electrons. The van der Waals surface area contributed by atoms with Gasteiger partial charge in [0, 0.05) is 18.8 Å². The minimum atomic E-state index is -0.433. The molecular weight excluding hydrogens is 232 g/mol. The van der Waals surface area contributed by atoms with Crippen LogP contribution in [0.1, 0.15) is 5.56 Å². The Morgan fingerprint density at radius 3 is 2.33 bits per heavy atom. The molecular formula is C12H14N4O2. The van der Waals surface area contributed by atoms with Crippen LogP contribution in [-0.4, -0.2) is 9.13 Å². The van der Waals surface area contributed by atoms with E-state index in [2.05, 4.69) is 0 Å². The van der Waals surface area contributed by atoms with E-state index < -0.39 is 11.2 Å². The van der Waals surface area contributed by atoms with Crippen LogP contribution < -0.4 is 22.7 Å². The first-order valence-electron chi connectivity index (χ1n) is 5.40. The van der Waals surface area contributed by atoms with Crippen molar-refractivity contribution in [3.63, 3.8) is 0 Å². The number of hydrogen-bond donors (Lipinski definition) is 2. The smallest absolute Gasteiger partial charge is 0.332 e. The predicted molar refractivity (Wildman–Crippen MR) is 70.3 cm³/mol. The summed E-state index contributed by atoms with van der Waals surface area (Å²) >= 11 is 0. The summed E-state index contributed by atoms with van der Waals surface area (Å²) in [4.78, 5) is 23.3. The molecule has 1 aromatic carbocycles. The first kappa shape index (κ1) is 12.0. The summed E-state index contributed by atoms with van der Waals surface area (Å²) in [5.41, 5.74) is 12.0. The Morgan fingerprint density at radius 2 is 1.72 bits per heavy atom. The lowest BCUT2D eigenvalue weighted by molar-refractivity contribution is 0.655. The van der Waals surface area contributed by atoms with Gasteiger partial charge in [-0.2, -0.15) is 0 Å². The zero-order chi connectivity index (χ0) is 13.3. The Morgan fingerprint density at radius 1 is 1.11 bits per heavy atom. The molecule has 2 rings (SSSR count). The highest BCUT2D eigenvalue weighted by Crippen LogP contribution is 2.07. The zero-order valence-corrected chi connectivity index (χ0v) is 9.96. The summed E-state index contributed by atoms with van der Waals surface area (Å²) in [6.45, 7) is 0.305. The van der Waals surface area contributed by atoms with E-state index >= 15 is 0 Å². The fraction of sp³-hybridized carbons (Fsp3) is 0.167. The van der Waals surface area contributed by atoms with Gasteiger partial charge >= 0.3 is 5.69 Å². The van der Waals surface area contributed by atoms with Crippen molar-refractivity contribution < 1.29 is 0 Å². The van der Waals surface area contributed by atoms with Crippen molar-refractivity contribution in [1.29, 1.82) is 0 Å².